The molecule has 0 atom stereocenters. The smallest absolute Gasteiger partial charge is 0.343 e. The summed E-state index contributed by atoms with van der Waals surface area (Å²) in [6.45, 7) is 3.88. The van der Waals surface area contributed by atoms with Crippen LogP contribution in [0.5, 0.6) is 17.2 Å². The summed E-state index contributed by atoms with van der Waals surface area (Å²) in [6, 6.07) is 21.9. The molecule has 4 aromatic carbocycles. The maximum Gasteiger partial charge on any atom is 0.343 e. The molecule has 1 N–H and O–H groups in total. The van der Waals surface area contributed by atoms with Gasteiger partial charge in [-0.15, -0.1) is 0 Å². The molecule has 0 spiro atoms. The highest BCUT2D eigenvalue weighted by Gasteiger charge is 2.13. The lowest BCUT2D eigenvalue weighted by atomic mass is 10.1. The van der Waals surface area contributed by atoms with Crippen molar-refractivity contribution in [2.45, 2.75) is 13.8 Å². The molecule has 0 aliphatic rings. The predicted octanol–water partition coefficient (Wildman–Crippen LogP) is 5.60. The van der Waals surface area contributed by atoms with Crippen molar-refractivity contribution in [2.24, 2.45) is 0 Å². The first-order chi connectivity index (χ1) is 14.9. The highest BCUT2D eigenvalue weighted by Crippen LogP contribution is 2.25. The van der Waals surface area contributed by atoms with Gasteiger partial charge in [-0.25, -0.2) is 9.59 Å². The number of carbonyl (C=O) groups excluding carboxylic acids is 2. The molecule has 154 valence electrons. The van der Waals surface area contributed by atoms with E-state index in [1.165, 1.54) is 24.3 Å². The topological polar surface area (TPSA) is 72.8 Å². The van der Waals surface area contributed by atoms with Crippen LogP contribution in [0.2, 0.25) is 0 Å². The molecule has 0 unspecified atom stereocenters. The van der Waals surface area contributed by atoms with Crippen LogP contribution in [0.15, 0.2) is 78.9 Å². The van der Waals surface area contributed by atoms with Gasteiger partial charge < -0.3 is 14.6 Å². The lowest BCUT2D eigenvalue weighted by Gasteiger charge is -2.09. The Bertz CT molecular complexity index is 1290. The number of carbonyl (C=O) groups is 2. The Morgan fingerprint density at radius 2 is 1.32 bits per heavy atom. The van der Waals surface area contributed by atoms with E-state index in [0.29, 0.717) is 22.6 Å². The maximum absolute atomic E-state index is 12.6. The molecule has 0 saturated carbocycles. The van der Waals surface area contributed by atoms with Gasteiger partial charge >= 0.3 is 11.9 Å². The number of hydrogen-bond donors (Lipinski definition) is 1. The molecule has 0 heterocycles. The van der Waals surface area contributed by atoms with E-state index in [9.17, 15) is 14.7 Å². The van der Waals surface area contributed by atoms with Gasteiger partial charge in [-0.3, -0.25) is 0 Å². The first-order valence-electron chi connectivity index (χ1n) is 9.73. The van der Waals surface area contributed by atoms with E-state index in [1.54, 1.807) is 42.5 Å². The number of aromatic hydroxyl groups is 1. The van der Waals surface area contributed by atoms with Crippen LogP contribution >= 0.6 is 0 Å². The fourth-order valence-corrected chi connectivity index (χ4v) is 3.25. The number of benzene rings is 4. The highest BCUT2D eigenvalue weighted by atomic mass is 16.5. The summed E-state index contributed by atoms with van der Waals surface area (Å²) in [4.78, 5) is 24.8. The van der Waals surface area contributed by atoms with Crippen molar-refractivity contribution < 1.29 is 24.2 Å². The number of aryl methyl sites for hydroxylation is 2. The van der Waals surface area contributed by atoms with Crippen LogP contribution in [-0.2, 0) is 0 Å². The maximum atomic E-state index is 12.6. The van der Waals surface area contributed by atoms with E-state index in [2.05, 4.69) is 0 Å². The largest absolute Gasteiger partial charge is 0.508 e. The van der Waals surface area contributed by atoms with Crippen LogP contribution in [0, 0.1) is 13.8 Å². The van der Waals surface area contributed by atoms with Crippen LogP contribution < -0.4 is 9.47 Å². The van der Waals surface area contributed by atoms with E-state index in [-0.39, 0.29) is 5.75 Å². The van der Waals surface area contributed by atoms with Gasteiger partial charge in [0.15, 0.2) is 0 Å². The zero-order valence-corrected chi connectivity index (χ0v) is 17.1. The van der Waals surface area contributed by atoms with Crippen molar-refractivity contribution in [1.29, 1.82) is 0 Å². The standard InChI is InChI=1S/C26H20O5/c1-16-3-12-24(17(2)13-16)31-26(29)21-5-4-20-15-23(11-8-19(20)14-21)30-25(28)18-6-9-22(27)10-7-18/h3-15,27H,1-2H3. The van der Waals surface area contributed by atoms with Crippen molar-refractivity contribution in [3.8, 4) is 17.2 Å². The van der Waals surface area contributed by atoms with E-state index < -0.39 is 11.9 Å². The molecule has 0 radical (unpaired) electrons. The van der Waals surface area contributed by atoms with Crippen molar-refractivity contribution >= 4 is 22.7 Å². The summed E-state index contributed by atoms with van der Waals surface area (Å²) < 4.78 is 11.0. The third-order valence-corrected chi connectivity index (χ3v) is 4.89. The molecule has 0 aliphatic carbocycles. The Labute approximate surface area is 179 Å². The van der Waals surface area contributed by atoms with E-state index in [4.69, 9.17) is 9.47 Å². The van der Waals surface area contributed by atoms with Crippen molar-refractivity contribution in [3.63, 3.8) is 0 Å². The van der Waals surface area contributed by atoms with Crippen LogP contribution in [0.4, 0.5) is 0 Å². The Kier molecular flexibility index (Phi) is 5.41. The second-order valence-corrected chi connectivity index (χ2v) is 7.32. The predicted molar refractivity (Wildman–Crippen MR) is 118 cm³/mol. The van der Waals surface area contributed by atoms with Gasteiger partial charge in [0.1, 0.15) is 17.2 Å². The lowest BCUT2D eigenvalue weighted by Crippen LogP contribution is -2.09. The van der Waals surface area contributed by atoms with Gasteiger partial charge in [-0.1, -0.05) is 29.8 Å². The molecule has 5 heteroatoms. The first kappa shape index (κ1) is 20.2. The third-order valence-electron chi connectivity index (χ3n) is 4.89. The average Bonchev–Trinajstić information content (AvgIpc) is 2.75. The quantitative estimate of drug-likeness (QED) is 0.349. The number of hydrogen-bond acceptors (Lipinski definition) is 5. The number of fused-ring (bicyclic) bond motifs is 1. The summed E-state index contributed by atoms with van der Waals surface area (Å²) in [7, 11) is 0. The van der Waals surface area contributed by atoms with E-state index in [0.717, 1.165) is 21.9 Å². The Morgan fingerprint density at radius 1 is 0.677 bits per heavy atom. The van der Waals surface area contributed by atoms with Gasteiger partial charge in [0.05, 0.1) is 11.1 Å². The SMILES string of the molecule is Cc1ccc(OC(=O)c2ccc3cc(OC(=O)c4ccc(O)cc4)ccc3c2)c(C)c1. The monoisotopic (exact) mass is 412 g/mol. The number of phenols is 1. The summed E-state index contributed by atoms with van der Waals surface area (Å²) in [5.74, 6) is 0.0437. The summed E-state index contributed by atoms with van der Waals surface area (Å²) in [6.07, 6.45) is 0. The second kappa shape index (κ2) is 8.32. The summed E-state index contributed by atoms with van der Waals surface area (Å²) in [5, 5.41) is 11.0. The van der Waals surface area contributed by atoms with Gasteiger partial charge in [-0.05, 0) is 84.8 Å². The number of rotatable bonds is 4. The van der Waals surface area contributed by atoms with Crippen LogP contribution in [0.1, 0.15) is 31.8 Å². The Balaban J connectivity index is 1.51. The molecular weight excluding hydrogens is 392 g/mol. The molecular formula is C26H20O5. The minimum atomic E-state index is -0.520. The minimum absolute atomic E-state index is 0.0779. The molecule has 4 aromatic rings. The molecule has 0 fully saturated rings. The first-order valence-corrected chi connectivity index (χ1v) is 9.73. The minimum Gasteiger partial charge on any atom is -0.508 e. The molecule has 0 amide bonds. The van der Waals surface area contributed by atoms with Gasteiger partial charge in [-0.2, -0.15) is 0 Å². The van der Waals surface area contributed by atoms with Crippen LogP contribution in [0.3, 0.4) is 0 Å². The zero-order valence-electron chi connectivity index (χ0n) is 17.1. The van der Waals surface area contributed by atoms with E-state index >= 15 is 0 Å². The van der Waals surface area contributed by atoms with Crippen molar-refractivity contribution in [2.75, 3.05) is 0 Å². The summed E-state index contributed by atoms with van der Waals surface area (Å²) in [5.41, 5.74) is 2.77. The Hall–Kier alpha value is -4.12. The fraction of sp³-hybridized carbons (Fsp3) is 0.0769. The molecule has 4 rings (SSSR count). The van der Waals surface area contributed by atoms with Crippen LogP contribution in [0.25, 0.3) is 10.8 Å². The van der Waals surface area contributed by atoms with Gasteiger partial charge in [0, 0.05) is 0 Å². The number of esters is 2. The van der Waals surface area contributed by atoms with Crippen LogP contribution in [-0.4, -0.2) is 17.0 Å². The zero-order chi connectivity index (χ0) is 22.0. The van der Waals surface area contributed by atoms with E-state index in [1.807, 2.05) is 26.0 Å². The van der Waals surface area contributed by atoms with Crippen molar-refractivity contribution in [3.05, 3.63) is 101 Å². The molecule has 31 heavy (non-hydrogen) atoms. The van der Waals surface area contributed by atoms with Gasteiger partial charge in [0.25, 0.3) is 0 Å². The molecule has 0 saturated heterocycles. The lowest BCUT2D eigenvalue weighted by molar-refractivity contribution is 0.0725. The molecule has 0 aromatic heterocycles. The molecule has 5 nitrogen and oxygen atoms in total. The second-order valence-electron chi connectivity index (χ2n) is 7.32. The fourth-order valence-electron chi connectivity index (χ4n) is 3.25. The summed E-state index contributed by atoms with van der Waals surface area (Å²) >= 11 is 0. The highest BCUT2D eigenvalue weighted by molar-refractivity contribution is 5.97. The third kappa shape index (κ3) is 4.56. The number of ether oxygens (including phenoxy) is 2. The number of phenolic OH excluding ortho intramolecular Hbond substituents is 1. The van der Waals surface area contributed by atoms with Crippen molar-refractivity contribution in [1.82, 2.24) is 0 Å². The average molecular weight is 412 g/mol. The molecule has 0 aliphatic heterocycles. The Morgan fingerprint density at radius 3 is 2.06 bits per heavy atom. The van der Waals surface area contributed by atoms with Gasteiger partial charge in [0.2, 0.25) is 0 Å². The molecule has 0 bridgehead atoms. The normalized spacial score (nSPS) is 10.6.